The highest BCUT2D eigenvalue weighted by molar-refractivity contribution is 5.79. The smallest absolute Gasteiger partial charge is 0.216 e. The molecule has 0 spiro atoms. The zero-order chi connectivity index (χ0) is 24.4. The molecule has 2 rings (SSSR count). The minimum atomic E-state index is -0.521. The van der Waals surface area contributed by atoms with Crippen LogP contribution >= 0.6 is 0 Å². The van der Waals surface area contributed by atoms with E-state index >= 15 is 0 Å². The summed E-state index contributed by atoms with van der Waals surface area (Å²) in [6, 6.07) is 3.37. The first-order valence-corrected chi connectivity index (χ1v) is 11.0. The molecule has 33 heavy (non-hydrogen) atoms. The highest BCUT2D eigenvalue weighted by atomic mass is 19.1. The van der Waals surface area contributed by atoms with Gasteiger partial charge >= 0.3 is 0 Å². The second kappa shape index (κ2) is 12.6. The molecule has 0 aliphatic heterocycles. The Labute approximate surface area is 194 Å². The lowest BCUT2D eigenvalue weighted by Gasteiger charge is -2.20. The molecule has 1 aliphatic carbocycles. The van der Waals surface area contributed by atoms with Crippen LogP contribution in [0, 0.1) is 11.6 Å². The summed E-state index contributed by atoms with van der Waals surface area (Å²) in [7, 11) is 0. The lowest BCUT2D eigenvalue weighted by molar-refractivity contribution is -0.119. The molecule has 0 saturated heterocycles. The van der Waals surface area contributed by atoms with Gasteiger partial charge in [-0.25, -0.2) is 8.78 Å². The van der Waals surface area contributed by atoms with Crippen LogP contribution in [0.25, 0.3) is 5.57 Å². The molecule has 1 aromatic carbocycles. The number of allylic oxidation sites excluding steroid dienone is 10. The number of carbonyl (C=O) groups is 1. The molecule has 0 bridgehead atoms. The van der Waals surface area contributed by atoms with Crippen LogP contribution in [0.15, 0.2) is 82.8 Å². The van der Waals surface area contributed by atoms with E-state index in [9.17, 15) is 13.6 Å². The summed E-state index contributed by atoms with van der Waals surface area (Å²) in [4.78, 5) is 11.1. The summed E-state index contributed by atoms with van der Waals surface area (Å²) in [5, 5.41) is 2.68. The summed E-state index contributed by atoms with van der Waals surface area (Å²) in [6.45, 7) is 7.95. The zero-order valence-electron chi connectivity index (χ0n) is 19.7. The van der Waals surface area contributed by atoms with Crippen LogP contribution in [0.1, 0.15) is 46.1 Å². The number of ether oxygens (including phenoxy) is 1. The number of hydrogen-bond donors (Lipinski definition) is 2. The summed E-state index contributed by atoms with van der Waals surface area (Å²) in [5.41, 5.74) is 10.4. The molecule has 4 nitrogen and oxygen atoms in total. The Kier molecular flexibility index (Phi) is 9.85. The van der Waals surface area contributed by atoms with E-state index in [1.807, 2.05) is 51.2 Å². The molecule has 1 aromatic rings. The summed E-state index contributed by atoms with van der Waals surface area (Å²) in [6.07, 6.45) is 12.5. The Morgan fingerprint density at radius 2 is 2.00 bits per heavy atom. The average molecular weight is 455 g/mol. The van der Waals surface area contributed by atoms with Crippen molar-refractivity contribution in [2.45, 2.75) is 40.5 Å². The first kappa shape index (κ1) is 25.8. The minimum absolute atomic E-state index is 0.145. The Hall–Kier alpha value is -3.41. The Balaban J connectivity index is 2.45. The fourth-order valence-corrected chi connectivity index (χ4v) is 3.37. The maximum Gasteiger partial charge on any atom is 0.216 e. The van der Waals surface area contributed by atoms with Crippen molar-refractivity contribution in [2.75, 3.05) is 13.2 Å². The molecule has 0 atom stereocenters. The first-order valence-electron chi connectivity index (χ1n) is 11.0. The van der Waals surface area contributed by atoms with Crippen molar-refractivity contribution in [3.8, 4) is 0 Å². The van der Waals surface area contributed by atoms with Crippen LogP contribution in [-0.4, -0.2) is 19.1 Å². The first-order chi connectivity index (χ1) is 15.7. The van der Waals surface area contributed by atoms with Gasteiger partial charge in [0.15, 0.2) is 0 Å². The predicted molar refractivity (Wildman–Crippen MR) is 130 cm³/mol. The highest BCUT2D eigenvalue weighted by Crippen LogP contribution is 2.33. The summed E-state index contributed by atoms with van der Waals surface area (Å²) >= 11 is 0. The minimum Gasteiger partial charge on any atom is -0.496 e. The SMILES string of the molecule is C\C=C/C=C(CC)/C(N)=C/C(C)=C1/C=C(c2cc(F)ccc2F)C=C(OCCNC(C)=O)C1. The monoisotopic (exact) mass is 454 g/mol. The van der Waals surface area contributed by atoms with Crippen LogP contribution in [-0.2, 0) is 9.53 Å². The molecule has 0 heterocycles. The van der Waals surface area contributed by atoms with E-state index in [-0.39, 0.29) is 18.1 Å². The second-order valence-corrected chi connectivity index (χ2v) is 7.72. The molecule has 176 valence electrons. The number of benzene rings is 1. The van der Waals surface area contributed by atoms with Crippen molar-refractivity contribution in [1.29, 1.82) is 0 Å². The number of amides is 1. The van der Waals surface area contributed by atoms with Gasteiger partial charge in [-0.3, -0.25) is 4.79 Å². The number of hydrogen-bond acceptors (Lipinski definition) is 3. The van der Waals surface area contributed by atoms with Crippen molar-refractivity contribution in [3.05, 3.63) is 100 Å². The Bertz CT molecular complexity index is 1060. The van der Waals surface area contributed by atoms with Crippen molar-refractivity contribution >= 4 is 11.5 Å². The number of nitrogens with one attached hydrogen (secondary N) is 1. The van der Waals surface area contributed by atoms with Crippen LogP contribution in [0.5, 0.6) is 0 Å². The third-order valence-electron chi connectivity index (χ3n) is 5.13. The van der Waals surface area contributed by atoms with Gasteiger partial charge in [0.2, 0.25) is 5.91 Å². The van der Waals surface area contributed by atoms with E-state index in [0.29, 0.717) is 30.0 Å². The van der Waals surface area contributed by atoms with Crippen LogP contribution in [0.4, 0.5) is 8.78 Å². The van der Waals surface area contributed by atoms with Gasteiger partial charge in [-0.1, -0.05) is 31.2 Å². The van der Waals surface area contributed by atoms with Gasteiger partial charge < -0.3 is 15.8 Å². The molecule has 0 unspecified atom stereocenters. The summed E-state index contributed by atoms with van der Waals surface area (Å²) < 4.78 is 34.2. The van der Waals surface area contributed by atoms with Gasteiger partial charge in [-0.15, -0.1) is 0 Å². The summed E-state index contributed by atoms with van der Waals surface area (Å²) in [5.74, 6) is -0.586. The fraction of sp³-hybridized carbons (Fsp3) is 0.296. The predicted octanol–water partition coefficient (Wildman–Crippen LogP) is 5.86. The number of halogens is 2. The zero-order valence-corrected chi connectivity index (χ0v) is 19.7. The lowest BCUT2D eigenvalue weighted by atomic mass is 9.91. The molecule has 0 saturated carbocycles. The standard InChI is InChI=1S/C27H32F2N2O2/c1-5-7-8-20(6-2)27(30)13-18(3)21-14-22(25-17-23(28)9-10-26(25)29)16-24(15-21)33-12-11-31-19(4)32/h5,7-10,13-14,16-17H,6,11-12,15,30H2,1-4H3,(H,31,32)/b7-5-,20-8+,21-18-,27-13-. The molecule has 1 aliphatic rings. The van der Waals surface area contributed by atoms with Crippen molar-refractivity contribution < 1.29 is 18.3 Å². The molecular weight excluding hydrogens is 422 g/mol. The molecular formula is C27H32F2N2O2. The van der Waals surface area contributed by atoms with E-state index in [1.165, 1.54) is 13.0 Å². The van der Waals surface area contributed by atoms with Crippen LogP contribution in [0.2, 0.25) is 0 Å². The maximum absolute atomic E-state index is 14.5. The number of rotatable bonds is 9. The lowest BCUT2D eigenvalue weighted by Crippen LogP contribution is -2.24. The molecule has 3 N–H and O–H groups in total. The van der Waals surface area contributed by atoms with Gasteiger partial charge in [0.1, 0.15) is 24.0 Å². The van der Waals surface area contributed by atoms with E-state index in [1.54, 1.807) is 6.08 Å². The van der Waals surface area contributed by atoms with Gasteiger partial charge in [0.05, 0.1) is 6.54 Å². The van der Waals surface area contributed by atoms with Gasteiger partial charge in [-0.05, 0) is 72.9 Å². The largest absolute Gasteiger partial charge is 0.496 e. The molecule has 0 radical (unpaired) electrons. The average Bonchev–Trinajstić information content (AvgIpc) is 2.78. The van der Waals surface area contributed by atoms with Gasteiger partial charge in [0.25, 0.3) is 0 Å². The Morgan fingerprint density at radius 3 is 2.67 bits per heavy atom. The van der Waals surface area contributed by atoms with E-state index in [4.69, 9.17) is 10.5 Å². The molecule has 0 fully saturated rings. The normalized spacial score (nSPS) is 16.4. The molecule has 6 heteroatoms. The van der Waals surface area contributed by atoms with E-state index < -0.39 is 11.6 Å². The van der Waals surface area contributed by atoms with Crippen molar-refractivity contribution in [1.82, 2.24) is 5.32 Å². The van der Waals surface area contributed by atoms with Gasteiger partial charge in [-0.2, -0.15) is 0 Å². The van der Waals surface area contributed by atoms with Crippen LogP contribution < -0.4 is 11.1 Å². The topological polar surface area (TPSA) is 64.3 Å². The second-order valence-electron chi connectivity index (χ2n) is 7.72. The fourth-order valence-electron chi connectivity index (χ4n) is 3.37. The maximum atomic E-state index is 14.5. The van der Waals surface area contributed by atoms with E-state index in [0.717, 1.165) is 35.3 Å². The molecule has 0 aromatic heterocycles. The van der Waals surface area contributed by atoms with E-state index in [2.05, 4.69) is 5.32 Å². The third kappa shape index (κ3) is 7.90. The Morgan fingerprint density at radius 1 is 1.24 bits per heavy atom. The van der Waals surface area contributed by atoms with Crippen molar-refractivity contribution in [2.24, 2.45) is 5.73 Å². The number of carbonyl (C=O) groups excluding carboxylic acids is 1. The van der Waals surface area contributed by atoms with Gasteiger partial charge in [0, 0.05) is 24.6 Å². The van der Waals surface area contributed by atoms with Crippen molar-refractivity contribution in [3.63, 3.8) is 0 Å². The number of nitrogens with two attached hydrogens (primary N) is 1. The molecule has 1 amide bonds. The highest BCUT2D eigenvalue weighted by Gasteiger charge is 2.17. The quantitative estimate of drug-likeness (QED) is 0.363. The third-order valence-corrected chi connectivity index (χ3v) is 5.13. The van der Waals surface area contributed by atoms with Crippen LogP contribution in [0.3, 0.4) is 0 Å².